The van der Waals surface area contributed by atoms with Crippen molar-refractivity contribution in [1.82, 2.24) is 14.9 Å². The molecule has 1 atom stereocenters. The van der Waals surface area contributed by atoms with E-state index in [9.17, 15) is 14.7 Å². The second-order valence-electron chi connectivity index (χ2n) is 6.38. The zero-order chi connectivity index (χ0) is 20.0. The molecule has 0 aliphatic heterocycles. The highest BCUT2D eigenvalue weighted by Gasteiger charge is 2.25. The molecule has 2 aromatic rings. The molecular formula is C20H25N3O3S. The molecule has 144 valence electrons. The van der Waals surface area contributed by atoms with E-state index in [4.69, 9.17) is 0 Å². The molecule has 1 unspecified atom stereocenters. The summed E-state index contributed by atoms with van der Waals surface area (Å²) in [5, 5.41) is 10.1. The number of carbonyl (C=O) groups excluding carboxylic acids is 1. The van der Waals surface area contributed by atoms with Gasteiger partial charge in [0.2, 0.25) is 5.91 Å². The summed E-state index contributed by atoms with van der Waals surface area (Å²) in [4.78, 5) is 34.6. The molecular weight excluding hydrogens is 362 g/mol. The lowest BCUT2D eigenvalue weighted by Crippen LogP contribution is -2.42. The van der Waals surface area contributed by atoms with E-state index >= 15 is 0 Å². The van der Waals surface area contributed by atoms with Gasteiger partial charge in [-0.15, -0.1) is 0 Å². The Morgan fingerprint density at radius 1 is 1.15 bits per heavy atom. The van der Waals surface area contributed by atoms with Crippen LogP contribution >= 0.6 is 11.8 Å². The van der Waals surface area contributed by atoms with E-state index < -0.39 is 12.0 Å². The molecule has 0 radical (unpaired) electrons. The third kappa shape index (κ3) is 5.53. The first kappa shape index (κ1) is 20.9. The summed E-state index contributed by atoms with van der Waals surface area (Å²) in [6.45, 7) is 5.63. The number of carboxylic acid groups (broad SMARTS) is 1. The molecule has 1 amide bonds. The van der Waals surface area contributed by atoms with Crippen LogP contribution in [0.5, 0.6) is 0 Å². The predicted octanol–water partition coefficient (Wildman–Crippen LogP) is 3.25. The number of aliphatic carboxylic acids is 1. The topological polar surface area (TPSA) is 83.4 Å². The number of rotatable bonds is 8. The second-order valence-corrected chi connectivity index (χ2v) is 7.15. The molecule has 2 rings (SSSR count). The molecule has 1 heterocycles. The number of carboxylic acids is 1. The van der Waals surface area contributed by atoms with Crippen molar-refractivity contribution in [2.24, 2.45) is 0 Å². The second kappa shape index (κ2) is 9.50. The van der Waals surface area contributed by atoms with Gasteiger partial charge in [0.25, 0.3) is 0 Å². The van der Waals surface area contributed by atoms with Crippen molar-refractivity contribution in [2.75, 3.05) is 6.26 Å². The van der Waals surface area contributed by atoms with Crippen LogP contribution in [0.1, 0.15) is 35.9 Å². The summed E-state index contributed by atoms with van der Waals surface area (Å²) in [5.41, 5.74) is 3.57. The van der Waals surface area contributed by atoms with Crippen LogP contribution < -0.4 is 0 Å². The summed E-state index contributed by atoms with van der Waals surface area (Å²) in [5.74, 6) is -1.21. The van der Waals surface area contributed by atoms with Crippen LogP contribution in [-0.2, 0) is 22.6 Å². The van der Waals surface area contributed by atoms with Crippen molar-refractivity contribution in [2.45, 2.75) is 51.4 Å². The number of carbonyl (C=O) groups is 2. The lowest BCUT2D eigenvalue weighted by atomic mass is 10.1. The average molecular weight is 388 g/mol. The highest BCUT2D eigenvalue weighted by Crippen LogP contribution is 2.18. The smallest absolute Gasteiger partial charge is 0.326 e. The van der Waals surface area contributed by atoms with E-state index in [1.807, 2.05) is 50.4 Å². The summed E-state index contributed by atoms with van der Waals surface area (Å²) in [7, 11) is 0. The molecule has 0 saturated carbocycles. The lowest BCUT2D eigenvalue weighted by molar-refractivity contribution is -0.150. The molecule has 1 aromatic carbocycles. The summed E-state index contributed by atoms with van der Waals surface area (Å²) < 4.78 is 0. The van der Waals surface area contributed by atoms with Gasteiger partial charge in [0.05, 0.1) is 0 Å². The lowest BCUT2D eigenvalue weighted by Gasteiger charge is -2.27. The zero-order valence-electron chi connectivity index (χ0n) is 16.1. The maximum atomic E-state index is 12.8. The number of aryl methyl sites for hydroxylation is 2. The van der Waals surface area contributed by atoms with Crippen molar-refractivity contribution in [3.8, 4) is 0 Å². The Hall–Kier alpha value is -2.41. The minimum absolute atomic E-state index is 0.193. The van der Waals surface area contributed by atoms with Gasteiger partial charge in [-0.3, -0.25) is 4.79 Å². The monoisotopic (exact) mass is 387 g/mol. The normalized spacial score (nSPS) is 11.9. The van der Waals surface area contributed by atoms with E-state index in [0.29, 0.717) is 11.6 Å². The van der Waals surface area contributed by atoms with Gasteiger partial charge in [0.1, 0.15) is 6.04 Å². The molecule has 0 aliphatic carbocycles. The quantitative estimate of drug-likeness (QED) is 0.553. The minimum Gasteiger partial charge on any atom is -0.480 e. The van der Waals surface area contributed by atoms with E-state index in [-0.39, 0.29) is 18.9 Å². The number of thioether (sulfide) groups is 1. The molecule has 6 nitrogen and oxygen atoms in total. The highest BCUT2D eigenvalue weighted by atomic mass is 32.2. The first-order valence-corrected chi connectivity index (χ1v) is 10.00. The fourth-order valence-electron chi connectivity index (χ4n) is 2.89. The van der Waals surface area contributed by atoms with Gasteiger partial charge in [0, 0.05) is 24.4 Å². The fraction of sp³-hybridized carbons (Fsp3) is 0.400. The van der Waals surface area contributed by atoms with E-state index in [0.717, 1.165) is 22.5 Å². The fourth-order valence-corrected chi connectivity index (χ4v) is 3.35. The van der Waals surface area contributed by atoms with Crippen LogP contribution in [0.2, 0.25) is 0 Å². The third-order valence-electron chi connectivity index (χ3n) is 4.51. The van der Waals surface area contributed by atoms with Crippen molar-refractivity contribution in [3.63, 3.8) is 0 Å². The largest absolute Gasteiger partial charge is 0.480 e. The van der Waals surface area contributed by atoms with Crippen LogP contribution in [0.25, 0.3) is 0 Å². The zero-order valence-corrected chi connectivity index (χ0v) is 16.9. The van der Waals surface area contributed by atoms with Crippen molar-refractivity contribution < 1.29 is 14.7 Å². The van der Waals surface area contributed by atoms with Gasteiger partial charge >= 0.3 is 5.97 Å². The molecule has 0 bridgehead atoms. The SMILES string of the molecule is CSc1nc(C)c(CCC(=O)N(Cc2ccccc2)C(C)C(=O)O)c(C)n1. The van der Waals surface area contributed by atoms with Gasteiger partial charge in [-0.2, -0.15) is 0 Å². The Morgan fingerprint density at radius 3 is 2.26 bits per heavy atom. The van der Waals surface area contributed by atoms with Gasteiger partial charge in [-0.05, 0) is 44.6 Å². The summed E-state index contributed by atoms with van der Waals surface area (Å²) in [6, 6.07) is 8.52. The van der Waals surface area contributed by atoms with Gasteiger partial charge in [-0.25, -0.2) is 14.8 Å². The highest BCUT2D eigenvalue weighted by molar-refractivity contribution is 7.98. The van der Waals surface area contributed by atoms with Crippen LogP contribution in [0.3, 0.4) is 0 Å². The van der Waals surface area contributed by atoms with Crippen LogP contribution in [-0.4, -0.2) is 44.1 Å². The number of hydrogen-bond donors (Lipinski definition) is 1. The predicted molar refractivity (Wildman–Crippen MR) is 106 cm³/mol. The molecule has 0 fully saturated rings. The van der Waals surface area contributed by atoms with Crippen molar-refractivity contribution in [1.29, 1.82) is 0 Å². The molecule has 0 aliphatic rings. The van der Waals surface area contributed by atoms with Crippen molar-refractivity contribution >= 4 is 23.6 Å². The Labute approximate surface area is 164 Å². The molecule has 0 spiro atoms. The Bertz CT molecular complexity index is 788. The number of aromatic nitrogens is 2. The first-order valence-electron chi connectivity index (χ1n) is 8.77. The number of benzene rings is 1. The third-order valence-corrected chi connectivity index (χ3v) is 5.06. The molecule has 1 aromatic heterocycles. The van der Waals surface area contributed by atoms with Gasteiger partial charge in [0.15, 0.2) is 5.16 Å². The average Bonchev–Trinajstić information content (AvgIpc) is 2.65. The standard InChI is InChI=1S/C20H25N3O3S/c1-13-17(14(2)22-20(21-13)27-4)10-11-18(24)23(15(3)19(25)26)12-16-8-6-5-7-9-16/h5-9,15H,10-12H2,1-4H3,(H,25,26). The Kier molecular flexibility index (Phi) is 7.36. The molecule has 1 N–H and O–H groups in total. The van der Waals surface area contributed by atoms with Crippen LogP contribution in [0.4, 0.5) is 0 Å². The maximum absolute atomic E-state index is 12.8. The number of amides is 1. The van der Waals surface area contributed by atoms with Crippen molar-refractivity contribution in [3.05, 3.63) is 52.8 Å². The maximum Gasteiger partial charge on any atom is 0.326 e. The Morgan fingerprint density at radius 2 is 1.74 bits per heavy atom. The van der Waals surface area contributed by atoms with E-state index in [1.165, 1.54) is 23.6 Å². The van der Waals surface area contributed by atoms with Crippen LogP contribution in [0, 0.1) is 13.8 Å². The van der Waals surface area contributed by atoms with Crippen LogP contribution in [0.15, 0.2) is 35.5 Å². The van der Waals surface area contributed by atoms with Gasteiger partial charge < -0.3 is 10.0 Å². The van der Waals surface area contributed by atoms with E-state index in [1.54, 1.807) is 0 Å². The first-order chi connectivity index (χ1) is 12.8. The van der Waals surface area contributed by atoms with E-state index in [2.05, 4.69) is 9.97 Å². The number of hydrogen-bond acceptors (Lipinski definition) is 5. The molecule has 0 saturated heterocycles. The van der Waals surface area contributed by atoms with Gasteiger partial charge in [-0.1, -0.05) is 42.1 Å². The summed E-state index contributed by atoms with van der Waals surface area (Å²) in [6.07, 6.45) is 2.63. The number of nitrogens with zero attached hydrogens (tertiary/aromatic N) is 3. The molecule has 27 heavy (non-hydrogen) atoms. The summed E-state index contributed by atoms with van der Waals surface area (Å²) >= 11 is 1.48. The minimum atomic E-state index is -1.01. The molecule has 7 heteroatoms. The Balaban J connectivity index is 2.15.